The summed E-state index contributed by atoms with van der Waals surface area (Å²) in [5, 5.41) is 11.2. The summed E-state index contributed by atoms with van der Waals surface area (Å²) in [7, 11) is 0. The molecule has 1 saturated carbocycles. The molecule has 5 rings (SSSR count). The molecular formula is C18H16N6OS. The minimum absolute atomic E-state index is 0.211. The second kappa shape index (κ2) is 6.06. The number of nitrogens with one attached hydrogen (secondary N) is 2. The maximum atomic E-state index is 12.4. The maximum Gasteiger partial charge on any atom is 0.263 e. The fraction of sp³-hybridized carbons (Fsp3) is 0.222. The van der Waals surface area contributed by atoms with Crippen LogP contribution in [0.5, 0.6) is 0 Å². The smallest absolute Gasteiger partial charge is 0.263 e. The van der Waals surface area contributed by atoms with Crippen molar-refractivity contribution in [1.82, 2.24) is 24.7 Å². The number of hydrogen-bond donors (Lipinski definition) is 2. The van der Waals surface area contributed by atoms with Gasteiger partial charge in [0.15, 0.2) is 5.65 Å². The molecule has 0 bridgehead atoms. The minimum atomic E-state index is -0.211. The van der Waals surface area contributed by atoms with Crippen molar-refractivity contribution in [2.75, 3.05) is 5.32 Å². The van der Waals surface area contributed by atoms with Crippen molar-refractivity contribution in [3.8, 4) is 5.69 Å². The SMILES string of the molecule is O=c1[nH]c(NCc2csc(C3CC3)n2)nc2c1cnn2-c1ccccc1. The quantitative estimate of drug-likeness (QED) is 0.568. The van der Waals surface area contributed by atoms with E-state index in [1.165, 1.54) is 17.8 Å². The lowest BCUT2D eigenvalue weighted by molar-refractivity contribution is 0.892. The van der Waals surface area contributed by atoms with Crippen molar-refractivity contribution in [3.63, 3.8) is 0 Å². The fourth-order valence-electron chi connectivity index (χ4n) is 2.86. The van der Waals surface area contributed by atoms with E-state index in [2.05, 4.69) is 30.7 Å². The molecule has 0 radical (unpaired) electrons. The van der Waals surface area contributed by atoms with Gasteiger partial charge in [0.2, 0.25) is 5.95 Å². The van der Waals surface area contributed by atoms with E-state index < -0.39 is 0 Å². The van der Waals surface area contributed by atoms with Gasteiger partial charge in [-0.25, -0.2) is 9.67 Å². The summed E-state index contributed by atoms with van der Waals surface area (Å²) < 4.78 is 1.67. The van der Waals surface area contributed by atoms with E-state index in [0.29, 0.717) is 29.4 Å². The standard InChI is InChI=1S/C18H16N6OS/c25-16-14-9-20-24(13-4-2-1-3-5-13)15(14)22-18(23-16)19-8-12-10-26-17(21-12)11-6-7-11/h1-5,9-11H,6-8H2,(H2,19,22,23,25). The second-order valence-electron chi connectivity index (χ2n) is 6.35. The van der Waals surface area contributed by atoms with E-state index in [0.717, 1.165) is 11.4 Å². The Bertz CT molecular complexity index is 1130. The molecule has 4 aromatic rings. The van der Waals surface area contributed by atoms with Gasteiger partial charge in [-0.15, -0.1) is 11.3 Å². The summed E-state index contributed by atoms with van der Waals surface area (Å²) in [6, 6.07) is 9.64. The van der Waals surface area contributed by atoms with Crippen molar-refractivity contribution < 1.29 is 0 Å². The van der Waals surface area contributed by atoms with Gasteiger partial charge in [-0.05, 0) is 25.0 Å². The molecular weight excluding hydrogens is 348 g/mol. The van der Waals surface area contributed by atoms with Gasteiger partial charge < -0.3 is 5.32 Å². The zero-order valence-corrected chi connectivity index (χ0v) is 14.7. The number of thiazole rings is 1. The van der Waals surface area contributed by atoms with Crippen LogP contribution in [0.3, 0.4) is 0 Å². The highest BCUT2D eigenvalue weighted by Gasteiger charge is 2.26. The summed E-state index contributed by atoms with van der Waals surface area (Å²) in [6.07, 6.45) is 4.03. The molecule has 26 heavy (non-hydrogen) atoms. The van der Waals surface area contributed by atoms with Gasteiger partial charge in [0, 0.05) is 11.3 Å². The summed E-state index contributed by atoms with van der Waals surface area (Å²) in [5.74, 6) is 1.07. The van der Waals surface area contributed by atoms with E-state index in [1.54, 1.807) is 22.2 Å². The molecule has 1 aliphatic rings. The molecule has 0 aliphatic heterocycles. The first-order valence-electron chi connectivity index (χ1n) is 8.49. The number of aromatic amines is 1. The van der Waals surface area contributed by atoms with Crippen LogP contribution in [-0.4, -0.2) is 24.7 Å². The third-order valence-corrected chi connectivity index (χ3v) is 5.43. The Kier molecular flexibility index (Phi) is 3.56. The van der Waals surface area contributed by atoms with E-state index in [4.69, 9.17) is 0 Å². The van der Waals surface area contributed by atoms with E-state index in [9.17, 15) is 4.79 Å². The largest absolute Gasteiger partial charge is 0.350 e. The highest BCUT2D eigenvalue weighted by Crippen LogP contribution is 2.41. The zero-order chi connectivity index (χ0) is 17.5. The van der Waals surface area contributed by atoms with Crippen LogP contribution in [0.2, 0.25) is 0 Å². The summed E-state index contributed by atoms with van der Waals surface area (Å²) in [4.78, 5) is 24.3. The molecule has 0 amide bonds. The van der Waals surface area contributed by atoms with E-state index in [1.807, 2.05) is 30.3 Å². The number of aromatic nitrogens is 5. The highest BCUT2D eigenvalue weighted by atomic mass is 32.1. The van der Waals surface area contributed by atoms with Crippen LogP contribution >= 0.6 is 11.3 Å². The van der Waals surface area contributed by atoms with Crippen LogP contribution in [0, 0.1) is 0 Å². The Morgan fingerprint density at radius 3 is 2.88 bits per heavy atom. The first kappa shape index (κ1) is 15.3. The molecule has 0 spiro atoms. The molecule has 1 aromatic carbocycles. The average molecular weight is 364 g/mol. The van der Waals surface area contributed by atoms with Gasteiger partial charge in [0.05, 0.1) is 29.1 Å². The predicted octanol–water partition coefficient (Wildman–Crippen LogP) is 3.05. The van der Waals surface area contributed by atoms with Crippen molar-refractivity contribution >= 4 is 28.3 Å². The van der Waals surface area contributed by atoms with Crippen LogP contribution in [0.1, 0.15) is 29.5 Å². The lowest BCUT2D eigenvalue weighted by Crippen LogP contribution is -2.13. The molecule has 1 fully saturated rings. The molecule has 0 saturated heterocycles. The van der Waals surface area contributed by atoms with E-state index in [-0.39, 0.29) is 5.56 Å². The molecule has 8 heteroatoms. The van der Waals surface area contributed by atoms with Gasteiger partial charge in [-0.3, -0.25) is 9.78 Å². The van der Waals surface area contributed by atoms with Crippen molar-refractivity contribution in [1.29, 1.82) is 0 Å². The first-order chi connectivity index (χ1) is 12.8. The van der Waals surface area contributed by atoms with Crippen molar-refractivity contribution in [2.24, 2.45) is 0 Å². The number of rotatable bonds is 5. The maximum absolute atomic E-state index is 12.4. The third-order valence-electron chi connectivity index (χ3n) is 4.37. The first-order valence-corrected chi connectivity index (χ1v) is 9.37. The Labute approximate surface area is 152 Å². The van der Waals surface area contributed by atoms with Crippen LogP contribution in [-0.2, 0) is 6.54 Å². The molecule has 0 unspecified atom stereocenters. The molecule has 7 nitrogen and oxygen atoms in total. The number of fused-ring (bicyclic) bond motifs is 1. The number of anilines is 1. The second-order valence-corrected chi connectivity index (χ2v) is 7.24. The monoisotopic (exact) mass is 364 g/mol. The number of para-hydroxylation sites is 1. The molecule has 1 aliphatic carbocycles. The zero-order valence-electron chi connectivity index (χ0n) is 13.8. The van der Waals surface area contributed by atoms with Gasteiger partial charge >= 0.3 is 0 Å². The lowest BCUT2D eigenvalue weighted by atomic mass is 10.3. The molecule has 3 aromatic heterocycles. The Morgan fingerprint density at radius 1 is 1.23 bits per heavy atom. The van der Waals surface area contributed by atoms with Crippen molar-refractivity contribution in [3.05, 3.63) is 63.0 Å². The molecule has 0 atom stereocenters. The van der Waals surface area contributed by atoms with Gasteiger partial charge in [0.25, 0.3) is 5.56 Å². The summed E-state index contributed by atoms with van der Waals surface area (Å²) >= 11 is 1.70. The molecule has 2 N–H and O–H groups in total. The lowest BCUT2D eigenvalue weighted by Gasteiger charge is -2.05. The molecule has 130 valence electrons. The predicted molar refractivity (Wildman–Crippen MR) is 101 cm³/mol. The summed E-state index contributed by atoms with van der Waals surface area (Å²) in [6.45, 7) is 0.525. The topological polar surface area (TPSA) is 88.5 Å². The fourth-order valence-corrected chi connectivity index (χ4v) is 3.85. The highest BCUT2D eigenvalue weighted by molar-refractivity contribution is 7.09. The summed E-state index contributed by atoms with van der Waals surface area (Å²) in [5.41, 5.74) is 2.15. The number of benzene rings is 1. The van der Waals surface area contributed by atoms with Crippen molar-refractivity contribution in [2.45, 2.75) is 25.3 Å². The van der Waals surface area contributed by atoms with Crippen LogP contribution in [0.4, 0.5) is 5.95 Å². The molecule has 3 heterocycles. The van der Waals surface area contributed by atoms with Crippen LogP contribution in [0.15, 0.2) is 46.7 Å². The normalized spacial score (nSPS) is 14.0. The Morgan fingerprint density at radius 2 is 2.08 bits per heavy atom. The van der Waals surface area contributed by atoms with Gasteiger partial charge in [-0.2, -0.15) is 10.1 Å². The van der Waals surface area contributed by atoms with E-state index >= 15 is 0 Å². The van der Waals surface area contributed by atoms with Gasteiger partial charge in [0.1, 0.15) is 5.39 Å². The number of nitrogens with zero attached hydrogens (tertiary/aromatic N) is 4. The minimum Gasteiger partial charge on any atom is -0.350 e. The van der Waals surface area contributed by atoms with Gasteiger partial charge in [-0.1, -0.05) is 18.2 Å². The number of hydrogen-bond acceptors (Lipinski definition) is 6. The number of H-pyrrole nitrogens is 1. The van der Waals surface area contributed by atoms with Crippen LogP contribution in [0.25, 0.3) is 16.7 Å². The Hall–Kier alpha value is -3.00. The van der Waals surface area contributed by atoms with Crippen LogP contribution < -0.4 is 10.9 Å². The average Bonchev–Trinajstić information content (AvgIpc) is 3.25. The third kappa shape index (κ3) is 2.78. The Balaban J connectivity index is 1.45.